The van der Waals surface area contributed by atoms with Gasteiger partial charge in [0.05, 0.1) is 6.04 Å². The summed E-state index contributed by atoms with van der Waals surface area (Å²) in [7, 11) is 1.84. The maximum Gasteiger partial charge on any atom is 0.191 e. The van der Waals surface area contributed by atoms with E-state index < -0.39 is 0 Å². The van der Waals surface area contributed by atoms with Crippen molar-refractivity contribution in [2.45, 2.75) is 45.2 Å². The van der Waals surface area contributed by atoms with Crippen molar-refractivity contribution in [3.63, 3.8) is 0 Å². The Hall–Kier alpha value is -1.55. The summed E-state index contributed by atoms with van der Waals surface area (Å²) in [6.45, 7) is 7.64. The van der Waals surface area contributed by atoms with Gasteiger partial charge >= 0.3 is 0 Å². The molecule has 2 unspecified atom stereocenters. The lowest BCUT2D eigenvalue weighted by Gasteiger charge is -2.29. The Bertz CT molecular complexity index is 451. The van der Waals surface area contributed by atoms with Gasteiger partial charge in [-0.25, -0.2) is 0 Å². The molecule has 0 aliphatic carbocycles. The average Bonchev–Trinajstić information content (AvgIpc) is 3.09. The maximum atomic E-state index is 4.34. The van der Waals surface area contributed by atoms with E-state index in [2.05, 4.69) is 64.7 Å². The maximum absolute atomic E-state index is 4.34. The summed E-state index contributed by atoms with van der Waals surface area (Å²) in [5, 5.41) is 6.94. The van der Waals surface area contributed by atoms with Crippen LogP contribution in [0.5, 0.6) is 0 Å². The standard InChI is InChI=1S/C18H30N4/c1-4-15(2)21-18(19-3)20-14-17(22-12-8-9-13-22)16-10-6-5-7-11-16/h5-7,10-11,15,17H,4,8-9,12-14H2,1-3H3,(H2,19,20,21). The Morgan fingerprint density at radius 3 is 2.50 bits per heavy atom. The van der Waals surface area contributed by atoms with E-state index >= 15 is 0 Å². The Kier molecular flexibility index (Phi) is 6.72. The number of nitrogens with zero attached hydrogens (tertiary/aromatic N) is 2. The molecule has 1 aliphatic heterocycles. The third-order valence-electron chi connectivity index (χ3n) is 4.45. The van der Waals surface area contributed by atoms with Crippen molar-refractivity contribution in [3.05, 3.63) is 35.9 Å². The van der Waals surface area contributed by atoms with Gasteiger partial charge in [0.25, 0.3) is 0 Å². The molecule has 1 heterocycles. The van der Waals surface area contributed by atoms with Crippen LogP contribution in [0.2, 0.25) is 0 Å². The molecule has 2 atom stereocenters. The summed E-state index contributed by atoms with van der Waals surface area (Å²) in [6, 6.07) is 11.7. The van der Waals surface area contributed by atoms with E-state index in [1.807, 2.05) is 7.05 Å². The quantitative estimate of drug-likeness (QED) is 0.627. The van der Waals surface area contributed by atoms with Crippen LogP contribution >= 0.6 is 0 Å². The van der Waals surface area contributed by atoms with Crippen molar-refractivity contribution in [2.24, 2.45) is 4.99 Å². The number of guanidine groups is 1. The predicted molar refractivity (Wildman–Crippen MR) is 94.2 cm³/mol. The van der Waals surface area contributed by atoms with E-state index in [0.29, 0.717) is 12.1 Å². The number of benzene rings is 1. The lowest BCUT2D eigenvalue weighted by Crippen LogP contribution is -2.45. The molecule has 0 aromatic heterocycles. The molecule has 22 heavy (non-hydrogen) atoms. The highest BCUT2D eigenvalue weighted by atomic mass is 15.2. The van der Waals surface area contributed by atoms with E-state index in [-0.39, 0.29) is 0 Å². The molecule has 0 amide bonds. The Morgan fingerprint density at radius 2 is 1.91 bits per heavy atom. The number of aliphatic imine (C=N–C) groups is 1. The molecule has 1 fully saturated rings. The first kappa shape index (κ1) is 16.8. The summed E-state index contributed by atoms with van der Waals surface area (Å²) >= 11 is 0. The van der Waals surface area contributed by atoms with Crippen molar-refractivity contribution in [2.75, 3.05) is 26.7 Å². The van der Waals surface area contributed by atoms with E-state index in [4.69, 9.17) is 0 Å². The van der Waals surface area contributed by atoms with Gasteiger partial charge in [-0.15, -0.1) is 0 Å². The summed E-state index contributed by atoms with van der Waals surface area (Å²) in [5.41, 5.74) is 1.39. The molecule has 0 radical (unpaired) electrons. The van der Waals surface area contributed by atoms with Gasteiger partial charge in [-0.1, -0.05) is 37.3 Å². The Balaban J connectivity index is 2.00. The number of nitrogens with one attached hydrogen (secondary N) is 2. The normalized spacial score (nSPS) is 19.0. The average molecular weight is 302 g/mol. The van der Waals surface area contributed by atoms with Crippen LogP contribution in [0.25, 0.3) is 0 Å². The third-order valence-corrected chi connectivity index (χ3v) is 4.45. The topological polar surface area (TPSA) is 39.7 Å². The van der Waals surface area contributed by atoms with Gasteiger partial charge in [0.1, 0.15) is 0 Å². The second-order valence-electron chi connectivity index (χ2n) is 6.08. The zero-order chi connectivity index (χ0) is 15.8. The molecular weight excluding hydrogens is 272 g/mol. The van der Waals surface area contributed by atoms with Crippen LogP contribution in [0.4, 0.5) is 0 Å². The van der Waals surface area contributed by atoms with E-state index in [9.17, 15) is 0 Å². The van der Waals surface area contributed by atoms with Gasteiger partial charge in [0.2, 0.25) is 0 Å². The first-order valence-corrected chi connectivity index (χ1v) is 8.50. The summed E-state index contributed by atoms with van der Waals surface area (Å²) in [5.74, 6) is 0.898. The second kappa shape index (κ2) is 8.79. The second-order valence-corrected chi connectivity index (χ2v) is 6.08. The van der Waals surface area contributed by atoms with Gasteiger partial charge in [0.15, 0.2) is 5.96 Å². The van der Waals surface area contributed by atoms with E-state index in [1.165, 1.54) is 31.5 Å². The largest absolute Gasteiger partial charge is 0.354 e. The fourth-order valence-electron chi connectivity index (χ4n) is 2.91. The molecule has 2 rings (SSSR count). The summed E-state index contributed by atoms with van der Waals surface area (Å²) < 4.78 is 0. The van der Waals surface area contributed by atoms with Gasteiger partial charge in [-0.2, -0.15) is 0 Å². The first-order valence-electron chi connectivity index (χ1n) is 8.50. The van der Waals surface area contributed by atoms with Crippen molar-refractivity contribution in [1.82, 2.24) is 15.5 Å². The molecule has 1 saturated heterocycles. The van der Waals surface area contributed by atoms with Gasteiger partial charge < -0.3 is 10.6 Å². The minimum atomic E-state index is 0.416. The van der Waals surface area contributed by atoms with Crippen LogP contribution in [-0.2, 0) is 0 Å². The molecule has 1 aliphatic rings. The number of hydrogen-bond donors (Lipinski definition) is 2. The number of hydrogen-bond acceptors (Lipinski definition) is 2. The minimum Gasteiger partial charge on any atom is -0.354 e. The van der Waals surface area contributed by atoms with Crippen LogP contribution < -0.4 is 10.6 Å². The van der Waals surface area contributed by atoms with Crippen molar-refractivity contribution in [3.8, 4) is 0 Å². The Morgan fingerprint density at radius 1 is 1.23 bits per heavy atom. The summed E-state index contributed by atoms with van der Waals surface area (Å²) in [6.07, 6.45) is 3.71. The van der Waals surface area contributed by atoms with Crippen LogP contribution in [0.3, 0.4) is 0 Å². The fraction of sp³-hybridized carbons (Fsp3) is 0.611. The van der Waals surface area contributed by atoms with Crippen LogP contribution in [-0.4, -0.2) is 43.6 Å². The molecule has 0 bridgehead atoms. The van der Waals surface area contributed by atoms with Gasteiger partial charge in [-0.3, -0.25) is 9.89 Å². The van der Waals surface area contributed by atoms with Crippen LogP contribution in [0.15, 0.2) is 35.3 Å². The van der Waals surface area contributed by atoms with E-state index in [0.717, 1.165) is 18.9 Å². The van der Waals surface area contributed by atoms with Gasteiger partial charge in [0, 0.05) is 19.6 Å². The predicted octanol–water partition coefficient (Wildman–Crippen LogP) is 2.79. The van der Waals surface area contributed by atoms with Crippen molar-refractivity contribution < 1.29 is 0 Å². The fourth-order valence-corrected chi connectivity index (χ4v) is 2.91. The molecule has 122 valence electrons. The highest BCUT2D eigenvalue weighted by Crippen LogP contribution is 2.24. The zero-order valence-corrected chi connectivity index (χ0v) is 14.2. The molecule has 2 N–H and O–H groups in total. The van der Waals surface area contributed by atoms with Crippen molar-refractivity contribution in [1.29, 1.82) is 0 Å². The van der Waals surface area contributed by atoms with Crippen LogP contribution in [0.1, 0.15) is 44.7 Å². The molecule has 1 aromatic rings. The monoisotopic (exact) mass is 302 g/mol. The number of likely N-dealkylation sites (tertiary alicyclic amines) is 1. The van der Waals surface area contributed by atoms with Gasteiger partial charge in [-0.05, 0) is 44.8 Å². The number of rotatable bonds is 6. The molecular formula is C18H30N4. The van der Waals surface area contributed by atoms with Crippen molar-refractivity contribution >= 4 is 5.96 Å². The first-order chi connectivity index (χ1) is 10.7. The third kappa shape index (κ3) is 4.73. The molecule has 4 nitrogen and oxygen atoms in total. The highest BCUT2D eigenvalue weighted by Gasteiger charge is 2.23. The SMILES string of the molecule is CCC(C)NC(=NC)NCC(c1ccccc1)N1CCCC1. The lowest BCUT2D eigenvalue weighted by molar-refractivity contribution is 0.245. The Labute approximate surface area is 135 Å². The zero-order valence-electron chi connectivity index (χ0n) is 14.2. The molecule has 0 saturated carbocycles. The van der Waals surface area contributed by atoms with E-state index in [1.54, 1.807) is 0 Å². The van der Waals surface area contributed by atoms with Crippen LogP contribution in [0, 0.1) is 0 Å². The highest BCUT2D eigenvalue weighted by molar-refractivity contribution is 5.79. The molecule has 1 aromatic carbocycles. The molecule has 0 spiro atoms. The summed E-state index contributed by atoms with van der Waals surface area (Å²) in [4.78, 5) is 6.93. The minimum absolute atomic E-state index is 0.416. The lowest BCUT2D eigenvalue weighted by atomic mass is 10.1. The smallest absolute Gasteiger partial charge is 0.191 e. The molecule has 4 heteroatoms.